The van der Waals surface area contributed by atoms with Crippen molar-refractivity contribution in [3.63, 3.8) is 0 Å². The van der Waals surface area contributed by atoms with E-state index in [1.54, 1.807) is 29.2 Å². The van der Waals surface area contributed by atoms with Crippen LogP contribution in [0.5, 0.6) is 0 Å². The molecule has 11 heteroatoms. The number of nitrogens with one attached hydrogen (secondary N) is 1. The SMILES string of the molecule is O=S(=O)(Nc1cc(C(F)(F)F)ccc1N1CCOCC1)c1cnn(-c2ccccc2)c1. The van der Waals surface area contributed by atoms with Crippen molar-refractivity contribution in [2.75, 3.05) is 35.9 Å². The minimum Gasteiger partial charge on any atom is -0.378 e. The normalized spacial score (nSPS) is 15.1. The highest BCUT2D eigenvalue weighted by molar-refractivity contribution is 7.92. The molecule has 2 heterocycles. The molecular weight excluding hydrogens is 433 g/mol. The molecule has 0 radical (unpaired) electrons. The van der Waals surface area contributed by atoms with Crippen molar-refractivity contribution in [2.45, 2.75) is 11.1 Å². The molecule has 1 N–H and O–H groups in total. The van der Waals surface area contributed by atoms with Crippen LogP contribution in [0.3, 0.4) is 0 Å². The number of anilines is 2. The molecular formula is C20H19F3N4O3S. The Kier molecular flexibility index (Phi) is 5.63. The lowest BCUT2D eigenvalue weighted by Crippen LogP contribution is -2.36. The summed E-state index contributed by atoms with van der Waals surface area (Å²) in [5.41, 5.74) is -0.0845. The number of rotatable bonds is 5. The van der Waals surface area contributed by atoms with Gasteiger partial charge < -0.3 is 9.64 Å². The second kappa shape index (κ2) is 8.23. The van der Waals surface area contributed by atoms with Crippen LogP contribution in [-0.4, -0.2) is 44.5 Å². The fourth-order valence-corrected chi connectivity index (χ4v) is 4.24. The van der Waals surface area contributed by atoms with Crippen LogP contribution in [0.2, 0.25) is 0 Å². The van der Waals surface area contributed by atoms with Gasteiger partial charge in [-0.15, -0.1) is 0 Å². The van der Waals surface area contributed by atoms with E-state index in [0.717, 1.165) is 18.3 Å². The number of nitrogens with zero attached hydrogens (tertiary/aromatic N) is 3. The van der Waals surface area contributed by atoms with Gasteiger partial charge in [-0.05, 0) is 30.3 Å². The molecule has 31 heavy (non-hydrogen) atoms. The zero-order valence-corrected chi connectivity index (χ0v) is 17.0. The first kappa shape index (κ1) is 21.2. The van der Waals surface area contributed by atoms with Crippen molar-refractivity contribution < 1.29 is 26.3 Å². The van der Waals surface area contributed by atoms with E-state index in [-0.39, 0.29) is 10.6 Å². The zero-order valence-electron chi connectivity index (χ0n) is 16.2. The van der Waals surface area contributed by atoms with Gasteiger partial charge in [0.2, 0.25) is 0 Å². The van der Waals surface area contributed by atoms with E-state index in [9.17, 15) is 21.6 Å². The molecule has 0 aliphatic carbocycles. The summed E-state index contributed by atoms with van der Waals surface area (Å²) in [6.07, 6.45) is -2.15. The summed E-state index contributed by atoms with van der Waals surface area (Å²) in [6.45, 7) is 1.67. The second-order valence-electron chi connectivity index (χ2n) is 6.89. The van der Waals surface area contributed by atoms with Gasteiger partial charge in [-0.2, -0.15) is 18.3 Å². The maximum Gasteiger partial charge on any atom is 0.416 e. The van der Waals surface area contributed by atoms with Crippen LogP contribution in [0.1, 0.15) is 5.56 Å². The van der Waals surface area contributed by atoms with Crippen molar-refractivity contribution in [1.82, 2.24) is 9.78 Å². The lowest BCUT2D eigenvalue weighted by atomic mass is 10.1. The Morgan fingerprint density at radius 1 is 1.03 bits per heavy atom. The maximum absolute atomic E-state index is 13.3. The number of aromatic nitrogens is 2. The summed E-state index contributed by atoms with van der Waals surface area (Å²) >= 11 is 0. The predicted octanol–water partition coefficient (Wildman–Crippen LogP) is 3.53. The average Bonchev–Trinajstić information content (AvgIpc) is 3.26. The first-order valence-electron chi connectivity index (χ1n) is 9.41. The number of sulfonamides is 1. The molecule has 1 fully saturated rings. The van der Waals surface area contributed by atoms with E-state index in [0.29, 0.717) is 37.7 Å². The third-order valence-electron chi connectivity index (χ3n) is 4.81. The maximum atomic E-state index is 13.3. The Bertz CT molecular complexity index is 1160. The van der Waals surface area contributed by atoms with Gasteiger partial charge in [0.05, 0.1) is 48.2 Å². The number of halogens is 3. The average molecular weight is 452 g/mol. The Morgan fingerprint density at radius 3 is 2.42 bits per heavy atom. The number of ether oxygens (including phenoxy) is 1. The molecule has 0 bridgehead atoms. The topological polar surface area (TPSA) is 76.5 Å². The van der Waals surface area contributed by atoms with Crippen LogP contribution in [0.25, 0.3) is 5.69 Å². The molecule has 4 rings (SSSR count). The van der Waals surface area contributed by atoms with Crippen LogP contribution >= 0.6 is 0 Å². The summed E-state index contributed by atoms with van der Waals surface area (Å²) in [5, 5.41) is 4.05. The zero-order chi connectivity index (χ0) is 22.1. The van der Waals surface area contributed by atoms with Crippen LogP contribution < -0.4 is 9.62 Å². The second-order valence-corrected chi connectivity index (χ2v) is 8.57. The highest BCUT2D eigenvalue weighted by Crippen LogP contribution is 2.36. The highest BCUT2D eigenvalue weighted by atomic mass is 32.2. The Balaban J connectivity index is 1.69. The van der Waals surface area contributed by atoms with Gasteiger partial charge in [0.15, 0.2) is 0 Å². The number of hydrogen-bond donors (Lipinski definition) is 1. The van der Waals surface area contributed by atoms with Gasteiger partial charge in [-0.3, -0.25) is 4.72 Å². The minimum absolute atomic E-state index is 0.149. The van der Waals surface area contributed by atoms with E-state index in [1.165, 1.54) is 16.9 Å². The van der Waals surface area contributed by atoms with Gasteiger partial charge in [-0.1, -0.05) is 18.2 Å². The van der Waals surface area contributed by atoms with Crippen molar-refractivity contribution in [2.24, 2.45) is 0 Å². The molecule has 1 aromatic heterocycles. The molecule has 0 amide bonds. The van der Waals surface area contributed by atoms with Gasteiger partial charge in [0.1, 0.15) is 4.90 Å². The van der Waals surface area contributed by atoms with E-state index >= 15 is 0 Å². The first-order valence-corrected chi connectivity index (χ1v) is 10.9. The molecule has 0 spiro atoms. The molecule has 2 aromatic carbocycles. The van der Waals surface area contributed by atoms with Crippen LogP contribution in [-0.2, 0) is 20.9 Å². The lowest BCUT2D eigenvalue weighted by molar-refractivity contribution is -0.137. The van der Waals surface area contributed by atoms with Gasteiger partial charge in [-0.25, -0.2) is 13.1 Å². The van der Waals surface area contributed by atoms with Gasteiger partial charge >= 0.3 is 6.18 Å². The number of morpholine rings is 1. The van der Waals surface area contributed by atoms with Crippen molar-refractivity contribution in [3.05, 3.63) is 66.5 Å². The molecule has 3 aromatic rings. The third-order valence-corrected chi connectivity index (χ3v) is 6.13. The highest BCUT2D eigenvalue weighted by Gasteiger charge is 2.32. The molecule has 0 atom stereocenters. The summed E-state index contributed by atoms with van der Waals surface area (Å²) < 4.78 is 74.7. The summed E-state index contributed by atoms with van der Waals surface area (Å²) in [5.74, 6) is 0. The fraction of sp³-hybridized carbons (Fsp3) is 0.250. The van der Waals surface area contributed by atoms with Crippen molar-refractivity contribution >= 4 is 21.4 Å². The Hall–Kier alpha value is -3.05. The van der Waals surface area contributed by atoms with E-state index < -0.39 is 21.8 Å². The largest absolute Gasteiger partial charge is 0.416 e. The molecule has 1 aliphatic rings. The number of hydrogen-bond acceptors (Lipinski definition) is 5. The minimum atomic E-state index is -4.61. The molecule has 0 unspecified atom stereocenters. The van der Waals surface area contributed by atoms with Crippen molar-refractivity contribution in [1.29, 1.82) is 0 Å². The quantitative estimate of drug-likeness (QED) is 0.641. The summed E-state index contributed by atoms with van der Waals surface area (Å²) in [4.78, 5) is 1.62. The Morgan fingerprint density at radius 2 is 1.74 bits per heavy atom. The summed E-state index contributed by atoms with van der Waals surface area (Å²) in [6, 6.07) is 11.9. The summed E-state index contributed by atoms with van der Waals surface area (Å²) in [7, 11) is -4.18. The predicted molar refractivity (Wildman–Crippen MR) is 109 cm³/mol. The third kappa shape index (κ3) is 4.67. The van der Waals surface area contributed by atoms with E-state index in [2.05, 4.69) is 9.82 Å². The number of alkyl halides is 3. The standard InChI is InChI=1S/C20H19F3N4O3S/c21-20(22,23)15-6-7-19(26-8-10-30-11-9-26)18(12-15)25-31(28,29)17-13-24-27(14-17)16-4-2-1-3-5-16/h1-7,12-14,25H,8-11H2. The fourth-order valence-electron chi connectivity index (χ4n) is 3.24. The van der Waals surface area contributed by atoms with Gasteiger partial charge in [0.25, 0.3) is 10.0 Å². The Labute approximate surface area is 177 Å². The molecule has 0 saturated carbocycles. The van der Waals surface area contributed by atoms with Crippen LogP contribution in [0.4, 0.5) is 24.5 Å². The molecule has 1 saturated heterocycles. The molecule has 7 nitrogen and oxygen atoms in total. The van der Waals surface area contributed by atoms with Crippen molar-refractivity contribution in [3.8, 4) is 5.69 Å². The van der Waals surface area contributed by atoms with Gasteiger partial charge in [0, 0.05) is 13.1 Å². The first-order chi connectivity index (χ1) is 14.7. The smallest absolute Gasteiger partial charge is 0.378 e. The monoisotopic (exact) mass is 452 g/mol. The lowest BCUT2D eigenvalue weighted by Gasteiger charge is -2.31. The van der Waals surface area contributed by atoms with Crippen LogP contribution in [0, 0.1) is 0 Å². The molecule has 1 aliphatic heterocycles. The van der Waals surface area contributed by atoms with E-state index in [4.69, 9.17) is 4.74 Å². The number of benzene rings is 2. The van der Waals surface area contributed by atoms with Crippen LogP contribution in [0.15, 0.2) is 65.8 Å². The van der Waals surface area contributed by atoms with E-state index in [1.807, 2.05) is 6.07 Å². The number of para-hydroxylation sites is 1. The molecule has 164 valence electrons.